The van der Waals surface area contributed by atoms with Crippen molar-refractivity contribution >= 4 is 6.29 Å². The van der Waals surface area contributed by atoms with Crippen molar-refractivity contribution in [2.75, 3.05) is 6.61 Å². The van der Waals surface area contributed by atoms with Crippen LogP contribution in [0.1, 0.15) is 0 Å². The quantitative estimate of drug-likeness (QED) is 0.282. The normalized spacial score (nSPS) is 21.1. The second-order valence-corrected chi connectivity index (χ2v) is 2.36. The molecular weight excluding hydrogens is 168 g/mol. The summed E-state index contributed by atoms with van der Waals surface area (Å²) in [5.41, 5.74) is 0. The van der Waals surface area contributed by atoms with E-state index >= 15 is 0 Å². The molecule has 6 nitrogen and oxygen atoms in total. The summed E-state index contributed by atoms with van der Waals surface area (Å²) in [5, 5.41) is 43.5. The summed E-state index contributed by atoms with van der Waals surface area (Å²) in [6.07, 6.45) is -6.84. The van der Waals surface area contributed by atoms with E-state index in [-0.39, 0.29) is 6.29 Å². The van der Waals surface area contributed by atoms with Gasteiger partial charge in [0.2, 0.25) is 0 Å². The molecule has 0 aliphatic heterocycles. The molecule has 0 amide bonds. The summed E-state index contributed by atoms with van der Waals surface area (Å²) in [6, 6.07) is 0. The summed E-state index contributed by atoms with van der Waals surface area (Å²) < 4.78 is 0. The lowest BCUT2D eigenvalue weighted by Gasteiger charge is -2.22. The Bertz CT molecular complexity index is 138. The Morgan fingerprint density at radius 2 is 1.58 bits per heavy atom. The first-order valence-corrected chi connectivity index (χ1v) is 3.33. The number of aldehydes is 1. The van der Waals surface area contributed by atoms with Gasteiger partial charge < -0.3 is 30.3 Å². The summed E-state index contributed by atoms with van der Waals surface area (Å²) in [5.74, 6) is 0. The van der Waals surface area contributed by atoms with Gasteiger partial charge in [0.05, 0.1) is 6.61 Å². The minimum Gasteiger partial charge on any atom is -0.394 e. The highest BCUT2D eigenvalue weighted by Gasteiger charge is 2.29. The minimum absolute atomic E-state index is 0.0258. The average Bonchev–Trinajstić information content (AvgIpc) is 2.12. The zero-order valence-electron chi connectivity index (χ0n) is 6.24. The zero-order chi connectivity index (χ0) is 9.72. The molecule has 0 aliphatic carbocycles. The Morgan fingerprint density at radius 3 is 1.92 bits per heavy atom. The van der Waals surface area contributed by atoms with Crippen LogP contribution in [-0.2, 0) is 4.79 Å². The van der Waals surface area contributed by atoms with E-state index in [1.54, 1.807) is 0 Å². The van der Waals surface area contributed by atoms with Gasteiger partial charge in [0.25, 0.3) is 0 Å². The van der Waals surface area contributed by atoms with Crippen LogP contribution in [0.3, 0.4) is 0 Å². The van der Waals surface area contributed by atoms with E-state index in [0.717, 1.165) is 0 Å². The van der Waals surface area contributed by atoms with Crippen LogP contribution in [0, 0.1) is 0 Å². The van der Waals surface area contributed by atoms with Crippen LogP contribution in [-0.4, -0.2) is 62.8 Å². The molecule has 0 radical (unpaired) electrons. The fourth-order valence-corrected chi connectivity index (χ4v) is 0.618. The molecule has 4 atom stereocenters. The standard InChI is InChI=1S/C6H12O6/c7-1-3(9)5(11)6(12)4(10)2-8/h1,3-6,8-12H,2H2/t3-,4?,5?,6+/m1/s1. The number of hydrogen-bond donors (Lipinski definition) is 5. The van der Waals surface area contributed by atoms with Crippen molar-refractivity contribution in [2.24, 2.45) is 0 Å². The Morgan fingerprint density at radius 1 is 1.08 bits per heavy atom. The van der Waals surface area contributed by atoms with Gasteiger partial charge in [-0.05, 0) is 0 Å². The SMILES string of the molecule is O=C[C@@H](O)C(O)[C@@H](O)C(O)CO. The van der Waals surface area contributed by atoms with Gasteiger partial charge in [0.15, 0.2) is 6.29 Å². The number of aliphatic hydroxyl groups is 5. The third kappa shape index (κ3) is 2.84. The van der Waals surface area contributed by atoms with E-state index in [1.165, 1.54) is 0 Å². The minimum atomic E-state index is -1.79. The zero-order valence-corrected chi connectivity index (χ0v) is 6.24. The molecule has 0 bridgehead atoms. The molecule has 2 unspecified atom stereocenters. The number of rotatable bonds is 5. The molecular formula is C6H12O6. The Labute approximate surface area is 68.7 Å². The number of hydrogen-bond acceptors (Lipinski definition) is 6. The molecule has 0 saturated carbocycles. The fourth-order valence-electron chi connectivity index (χ4n) is 0.618. The van der Waals surface area contributed by atoms with Crippen LogP contribution in [0.2, 0.25) is 0 Å². The van der Waals surface area contributed by atoms with Gasteiger partial charge in [-0.2, -0.15) is 0 Å². The van der Waals surface area contributed by atoms with Gasteiger partial charge in [0, 0.05) is 0 Å². The molecule has 0 spiro atoms. The maximum atomic E-state index is 9.90. The molecule has 0 aromatic heterocycles. The highest BCUT2D eigenvalue weighted by Crippen LogP contribution is 2.02. The van der Waals surface area contributed by atoms with Crippen LogP contribution < -0.4 is 0 Å². The maximum Gasteiger partial charge on any atom is 0.151 e. The van der Waals surface area contributed by atoms with Crippen molar-refractivity contribution in [1.82, 2.24) is 0 Å². The molecule has 0 aromatic carbocycles. The first-order chi connectivity index (χ1) is 5.54. The van der Waals surface area contributed by atoms with Crippen molar-refractivity contribution in [1.29, 1.82) is 0 Å². The van der Waals surface area contributed by atoms with Crippen LogP contribution in [0.5, 0.6) is 0 Å². The second-order valence-electron chi connectivity index (χ2n) is 2.36. The van der Waals surface area contributed by atoms with Crippen LogP contribution in [0.4, 0.5) is 0 Å². The van der Waals surface area contributed by atoms with Crippen LogP contribution >= 0.6 is 0 Å². The van der Waals surface area contributed by atoms with E-state index in [2.05, 4.69) is 0 Å². The van der Waals surface area contributed by atoms with E-state index < -0.39 is 31.0 Å². The van der Waals surface area contributed by atoms with Crippen LogP contribution in [0.15, 0.2) is 0 Å². The lowest BCUT2D eigenvalue weighted by Crippen LogP contribution is -2.46. The molecule has 6 heteroatoms. The maximum absolute atomic E-state index is 9.90. The molecule has 12 heavy (non-hydrogen) atoms. The third-order valence-corrected chi connectivity index (χ3v) is 1.42. The predicted octanol–water partition coefficient (Wildman–Crippen LogP) is -3.38. The molecule has 0 saturated heterocycles. The third-order valence-electron chi connectivity index (χ3n) is 1.42. The van der Waals surface area contributed by atoms with Gasteiger partial charge in [0.1, 0.15) is 24.4 Å². The molecule has 5 N–H and O–H groups in total. The topological polar surface area (TPSA) is 118 Å². The van der Waals surface area contributed by atoms with Gasteiger partial charge >= 0.3 is 0 Å². The van der Waals surface area contributed by atoms with Gasteiger partial charge in [-0.15, -0.1) is 0 Å². The van der Waals surface area contributed by atoms with Gasteiger partial charge in [-0.1, -0.05) is 0 Å². The Hall–Kier alpha value is -0.530. The molecule has 72 valence electrons. The molecule has 0 heterocycles. The van der Waals surface area contributed by atoms with Gasteiger partial charge in [-0.25, -0.2) is 0 Å². The summed E-state index contributed by atoms with van der Waals surface area (Å²) in [6.45, 7) is -0.760. The second kappa shape index (κ2) is 5.18. The number of carbonyl (C=O) groups is 1. The van der Waals surface area contributed by atoms with E-state index in [4.69, 9.17) is 25.5 Å². The molecule has 0 fully saturated rings. The highest BCUT2D eigenvalue weighted by molar-refractivity contribution is 5.56. The largest absolute Gasteiger partial charge is 0.394 e. The molecule has 0 aromatic rings. The van der Waals surface area contributed by atoms with Crippen molar-refractivity contribution in [3.63, 3.8) is 0 Å². The van der Waals surface area contributed by atoms with E-state index in [1.807, 2.05) is 0 Å². The predicted molar refractivity (Wildman–Crippen MR) is 37.2 cm³/mol. The van der Waals surface area contributed by atoms with Crippen molar-refractivity contribution in [3.8, 4) is 0 Å². The first kappa shape index (κ1) is 11.5. The smallest absolute Gasteiger partial charge is 0.151 e. The van der Waals surface area contributed by atoms with Crippen molar-refractivity contribution < 1.29 is 30.3 Å². The van der Waals surface area contributed by atoms with Crippen molar-refractivity contribution in [3.05, 3.63) is 0 Å². The number of carbonyl (C=O) groups excluding carboxylic acids is 1. The molecule has 0 rings (SSSR count). The summed E-state index contributed by atoms with van der Waals surface area (Å²) in [7, 11) is 0. The monoisotopic (exact) mass is 180 g/mol. The van der Waals surface area contributed by atoms with E-state index in [9.17, 15) is 4.79 Å². The summed E-state index contributed by atoms with van der Waals surface area (Å²) >= 11 is 0. The lowest BCUT2D eigenvalue weighted by molar-refractivity contribution is -0.136. The lowest BCUT2D eigenvalue weighted by atomic mass is 10.0. The first-order valence-electron chi connectivity index (χ1n) is 3.33. The fraction of sp³-hybridized carbons (Fsp3) is 0.833. The highest BCUT2D eigenvalue weighted by atomic mass is 16.4. The average molecular weight is 180 g/mol. The molecule has 0 aliphatic rings. The Balaban J connectivity index is 4.07. The van der Waals surface area contributed by atoms with Gasteiger partial charge in [-0.3, -0.25) is 0 Å². The van der Waals surface area contributed by atoms with Crippen molar-refractivity contribution in [2.45, 2.75) is 24.4 Å². The summed E-state index contributed by atoms with van der Waals surface area (Å²) in [4.78, 5) is 9.90. The Kier molecular flexibility index (Phi) is 4.95. The van der Waals surface area contributed by atoms with E-state index in [0.29, 0.717) is 0 Å². The van der Waals surface area contributed by atoms with Crippen LogP contribution in [0.25, 0.3) is 0 Å². The number of aliphatic hydroxyl groups excluding tert-OH is 5.